The quantitative estimate of drug-likeness (QED) is 0.112. The Labute approximate surface area is 395 Å². The van der Waals surface area contributed by atoms with Gasteiger partial charge in [-0.1, -0.05) is 24.3 Å². The molecule has 0 N–H and O–H groups in total. The molecule has 3 saturated heterocycles. The number of hydrogen-bond acceptors (Lipinski definition) is 14. The summed E-state index contributed by atoms with van der Waals surface area (Å²) in [5, 5.41) is 0.263. The molecule has 0 spiro atoms. The van der Waals surface area contributed by atoms with Crippen LogP contribution in [0, 0.1) is 24.0 Å². The smallest absolute Gasteiger partial charge is 0.410 e. The molecular formula is C51H60F2N8O7. The third-order valence-corrected chi connectivity index (χ3v) is 13.9. The zero-order chi connectivity index (χ0) is 47.5. The number of morpholine rings is 1. The third kappa shape index (κ3) is 9.02. The number of benzene rings is 2. The second-order valence-corrected chi connectivity index (χ2v) is 20.0. The molecule has 2 aromatic carbocycles. The first-order valence-electron chi connectivity index (χ1n) is 23.7. The summed E-state index contributed by atoms with van der Waals surface area (Å²) in [4.78, 5) is 41.5. The summed E-state index contributed by atoms with van der Waals surface area (Å²) in [6.45, 7) is 14.5. The Bertz CT molecular complexity index is 2630. The molecule has 5 aliphatic rings. The van der Waals surface area contributed by atoms with Gasteiger partial charge in [0.25, 0.3) is 0 Å². The van der Waals surface area contributed by atoms with Crippen LogP contribution in [0.2, 0.25) is 0 Å². The number of anilines is 2. The van der Waals surface area contributed by atoms with Gasteiger partial charge in [-0.15, -0.1) is 0 Å². The third-order valence-electron chi connectivity index (χ3n) is 13.9. The molecular weight excluding hydrogens is 875 g/mol. The maximum absolute atomic E-state index is 17.9. The molecule has 7 heterocycles. The van der Waals surface area contributed by atoms with Gasteiger partial charge in [-0.2, -0.15) is 9.97 Å². The highest BCUT2D eigenvalue weighted by atomic mass is 19.1. The molecule has 1 amide bonds. The van der Waals surface area contributed by atoms with Gasteiger partial charge in [-0.25, -0.2) is 23.5 Å². The maximum atomic E-state index is 17.9. The number of aromatic nitrogens is 4. The Morgan fingerprint density at radius 1 is 0.897 bits per heavy atom. The van der Waals surface area contributed by atoms with Crippen molar-refractivity contribution in [3.05, 3.63) is 83.1 Å². The molecule has 15 nitrogen and oxygen atoms in total. The van der Waals surface area contributed by atoms with E-state index < -0.39 is 29.4 Å². The Hall–Kier alpha value is -6.07. The first-order chi connectivity index (χ1) is 32.7. The molecule has 4 atom stereocenters. The van der Waals surface area contributed by atoms with E-state index in [0.717, 1.165) is 50.0 Å². The number of hydrogen-bond donors (Lipinski definition) is 0. The van der Waals surface area contributed by atoms with Crippen molar-refractivity contribution in [2.24, 2.45) is 5.41 Å². The number of halogens is 2. The Kier molecular flexibility index (Phi) is 12.2. The minimum absolute atomic E-state index is 0.00945. The molecule has 17 heteroatoms. The summed E-state index contributed by atoms with van der Waals surface area (Å²) in [5.74, 6) is 0.268. The van der Waals surface area contributed by atoms with Crippen LogP contribution in [0.25, 0.3) is 22.2 Å². The van der Waals surface area contributed by atoms with Crippen LogP contribution in [0.3, 0.4) is 0 Å². The Morgan fingerprint density at radius 2 is 1.56 bits per heavy atom. The Morgan fingerprint density at radius 3 is 2.18 bits per heavy atom. The molecule has 360 valence electrons. The fourth-order valence-corrected chi connectivity index (χ4v) is 10.4. The highest BCUT2D eigenvalue weighted by molar-refractivity contribution is 5.97. The fourth-order valence-electron chi connectivity index (χ4n) is 10.4. The first-order valence-corrected chi connectivity index (χ1v) is 23.7. The van der Waals surface area contributed by atoms with E-state index in [0.29, 0.717) is 55.8 Å². The number of amides is 1. The lowest BCUT2D eigenvalue weighted by Crippen LogP contribution is -2.65. The van der Waals surface area contributed by atoms with E-state index in [2.05, 4.69) is 9.80 Å². The summed E-state index contributed by atoms with van der Waals surface area (Å²) < 4.78 is 71.2. The lowest BCUT2D eigenvalue weighted by Gasteiger charge is -2.48. The van der Waals surface area contributed by atoms with Gasteiger partial charge in [-0.3, -0.25) is 9.80 Å². The molecule has 5 aromatic rings. The normalized spacial score (nSPS) is 21.7. The molecule has 0 unspecified atom stereocenters. The monoisotopic (exact) mass is 934 g/mol. The lowest BCUT2D eigenvalue weighted by molar-refractivity contribution is 0.000935. The van der Waals surface area contributed by atoms with E-state index in [1.54, 1.807) is 21.1 Å². The number of fused-ring (bicyclic) bond motifs is 5. The number of carbonyl (C=O) groups is 1. The molecule has 0 radical (unpaired) electrons. The second-order valence-electron chi connectivity index (χ2n) is 20.0. The van der Waals surface area contributed by atoms with Crippen LogP contribution in [0.5, 0.6) is 23.4 Å². The summed E-state index contributed by atoms with van der Waals surface area (Å²) in [6.07, 6.45) is 2.46. The summed E-state index contributed by atoms with van der Waals surface area (Å²) in [5.41, 5.74) is 0.951. The van der Waals surface area contributed by atoms with Crippen LogP contribution in [-0.4, -0.2) is 126 Å². The van der Waals surface area contributed by atoms with Gasteiger partial charge in [0, 0.05) is 55.9 Å². The number of nitrogens with zero attached hydrogens (tertiary/aromatic N) is 8. The zero-order valence-corrected chi connectivity index (χ0v) is 39.9. The number of pyridine rings is 2. The fraction of sp³-hybridized carbons (Fsp3) is 0.510. The molecule has 4 aliphatic heterocycles. The predicted octanol–water partition coefficient (Wildman–Crippen LogP) is 8.13. The van der Waals surface area contributed by atoms with Crippen molar-refractivity contribution in [1.82, 2.24) is 29.7 Å². The van der Waals surface area contributed by atoms with Gasteiger partial charge < -0.3 is 38.2 Å². The molecule has 1 saturated carbocycles. The Balaban J connectivity index is 1.07. The van der Waals surface area contributed by atoms with Crippen molar-refractivity contribution < 1.29 is 42.0 Å². The highest BCUT2D eigenvalue weighted by Gasteiger charge is 2.54. The molecule has 4 fully saturated rings. The molecule has 10 rings (SSSR count). The minimum Gasteiger partial charge on any atom is -0.497 e. The van der Waals surface area contributed by atoms with Gasteiger partial charge in [0.05, 0.1) is 52.2 Å². The standard InChI is InChI=1S/C51H60F2N8O7/c1-30-24-37(40(52)46(54-30)59(25-32-8-13-35(63-6)14-9-32)26-33-10-15-36(64-7)16-11-33)42-41(53)43-39-45(57-48(56-43)66-29-51(18-19-51)28-58-20-22-65-23-21-58)60-27-34-12-17-38(44(60)31(2)67-47(39)55-42)61(34)49(62)68-50(3,4)5/h8-11,13-16,24,31,34,38,44H,12,17-23,25-29H2,1-7H3/t31-,34+,38-,44+/m0/s1. The van der Waals surface area contributed by atoms with E-state index >= 15 is 8.78 Å². The topological polar surface area (TPSA) is 137 Å². The average molecular weight is 935 g/mol. The highest BCUT2D eigenvalue weighted by Crippen LogP contribution is 2.49. The molecule has 1 aliphatic carbocycles. The SMILES string of the molecule is COc1ccc(CN(Cc2ccc(OC)cc2)c2nc(C)cc(-c3nc4c5c(nc(OCC6(CN7CCOCC7)CC6)nc5c3F)N3C[C@H]5CC[C@@H]([C@H]3[C@H](C)O4)N5C(=O)OC(C)(C)C)c2F)cc1. The van der Waals surface area contributed by atoms with Crippen LogP contribution in [0.1, 0.15) is 70.2 Å². The van der Waals surface area contributed by atoms with Gasteiger partial charge in [0.2, 0.25) is 5.88 Å². The van der Waals surface area contributed by atoms with Gasteiger partial charge in [0.1, 0.15) is 45.6 Å². The summed E-state index contributed by atoms with van der Waals surface area (Å²) in [7, 11) is 3.21. The van der Waals surface area contributed by atoms with Crippen molar-refractivity contribution in [3.63, 3.8) is 0 Å². The van der Waals surface area contributed by atoms with E-state index in [4.69, 9.17) is 48.4 Å². The molecule has 68 heavy (non-hydrogen) atoms. The van der Waals surface area contributed by atoms with Crippen molar-refractivity contribution in [1.29, 1.82) is 0 Å². The van der Waals surface area contributed by atoms with E-state index in [1.165, 1.54) is 6.07 Å². The lowest BCUT2D eigenvalue weighted by atomic mass is 9.98. The largest absolute Gasteiger partial charge is 0.497 e. The number of carbonyl (C=O) groups excluding carboxylic acids is 1. The van der Waals surface area contributed by atoms with E-state index in [-0.39, 0.29) is 76.6 Å². The molecule has 2 bridgehead atoms. The van der Waals surface area contributed by atoms with Crippen LogP contribution >= 0.6 is 0 Å². The van der Waals surface area contributed by atoms with Gasteiger partial charge in [-0.05, 0) is 102 Å². The van der Waals surface area contributed by atoms with Gasteiger partial charge in [0.15, 0.2) is 17.5 Å². The van der Waals surface area contributed by atoms with E-state index in [1.807, 2.05) is 86.0 Å². The van der Waals surface area contributed by atoms with Crippen molar-refractivity contribution in [3.8, 4) is 34.6 Å². The number of rotatable bonds is 13. The number of ether oxygens (including phenoxy) is 6. The first kappa shape index (κ1) is 45.7. The summed E-state index contributed by atoms with van der Waals surface area (Å²) >= 11 is 0. The summed E-state index contributed by atoms with van der Waals surface area (Å²) in [6, 6.07) is 15.7. The van der Waals surface area contributed by atoms with Crippen molar-refractivity contribution >= 4 is 28.6 Å². The van der Waals surface area contributed by atoms with Crippen molar-refractivity contribution in [2.75, 3.05) is 70.0 Å². The minimum atomic E-state index is -0.843. The number of piperazine rings is 1. The van der Waals surface area contributed by atoms with Crippen molar-refractivity contribution in [2.45, 2.75) is 103 Å². The van der Waals surface area contributed by atoms with E-state index in [9.17, 15) is 4.79 Å². The average Bonchev–Trinajstić information content (AvgIpc) is 4.04. The predicted molar refractivity (Wildman–Crippen MR) is 252 cm³/mol. The maximum Gasteiger partial charge on any atom is 0.410 e. The van der Waals surface area contributed by atoms with Crippen LogP contribution < -0.4 is 28.7 Å². The second kappa shape index (κ2) is 18.1. The van der Waals surface area contributed by atoms with Gasteiger partial charge >= 0.3 is 12.1 Å². The number of aryl methyl sites for hydroxylation is 1. The zero-order valence-electron chi connectivity index (χ0n) is 39.9. The molecule has 3 aromatic heterocycles. The van der Waals surface area contributed by atoms with Crippen LogP contribution in [0.4, 0.5) is 25.2 Å². The van der Waals surface area contributed by atoms with Crippen LogP contribution in [-0.2, 0) is 22.6 Å². The number of methoxy groups -OCH3 is 2. The van der Waals surface area contributed by atoms with Crippen LogP contribution in [0.15, 0.2) is 54.6 Å².